The largest absolute Gasteiger partial charge is 0.497 e. The normalized spacial score (nSPS) is 10.3. The maximum Gasteiger partial charge on any atom is 0.145 e. The minimum absolute atomic E-state index is 0.0383. The molecule has 0 fully saturated rings. The molecule has 0 amide bonds. The summed E-state index contributed by atoms with van der Waals surface area (Å²) in [5.74, 6) is 4.91. The fraction of sp³-hybridized carbons (Fsp3) is 0.333. The van der Waals surface area contributed by atoms with Crippen molar-refractivity contribution in [3.63, 3.8) is 0 Å². The number of ether oxygens (including phenoxy) is 1. The van der Waals surface area contributed by atoms with Crippen LogP contribution in [0.4, 0.5) is 4.39 Å². The summed E-state index contributed by atoms with van der Waals surface area (Å²) < 4.78 is 18.3. The summed E-state index contributed by atoms with van der Waals surface area (Å²) in [5.41, 5.74) is 0.430. The second-order valence-electron chi connectivity index (χ2n) is 2.70. The lowest BCUT2D eigenvalue weighted by molar-refractivity contribution is 0.140. The predicted molar refractivity (Wildman–Crippen MR) is 51.8 cm³/mol. The summed E-state index contributed by atoms with van der Waals surface area (Å²) >= 11 is 5.65. The summed E-state index contributed by atoms with van der Waals surface area (Å²) in [7, 11) is 1.49. The molecule has 0 radical (unpaired) electrons. The number of hydrogen-bond donors (Lipinski definition) is 1. The maximum atomic E-state index is 13.4. The Morgan fingerprint density at radius 2 is 2.21 bits per heavy atom. The minimum atomic E-state index is -0.454. The van der Waals surface area contributed by atoms with E-state index in [-0.39, 0.29) is 11.6 Å². The number of methoxy groups -OCH3 is 1. The van der Waals surface area contributed by atoms with E-state index in [2.05, 4.69) is 4.84 Å². The molecule has 0 saturated heterocycles. The lowest BCUT2D eigenvalue weighted by atomic mass is 10.1. The summed E-state index contributed by atoms with van der Waals surface area (Å²) in [4.78, 5) is 4.36. The van der Waals surface area contributed by atoms with Crippen LogP contribution in [-0.2, 0) is 11.3 Å². The molecule has 5 heteroatoms. The van der Waals surface area contributed by atoms with E-state index in [0.29, 0.717) is 17.7 Å². The van der Waals surface area contributed by atoms with E-state index in [0.717, 1.165) is 0 Å². The van der Waals surface area contributed by atoms with Crippen LogP contribution in [0.2, 0.25) is 5.02 Å². The van der Waals surface area contributed by atoms with Gasteiger partial charge in [-0.1, -0.05) is 11.6 Å². The molecule has 3 nitrogen and oxygen atoms in total. The second-order valence-corrected chi connectivity index (χ2v) is 3.11. The van der Waals surface area contributed by atoms with Crippen molar-refractivity contribution >= 4 is 11.6 Å². The highest BCUT2D eigenvalue weighted by molar-refractivity contribution is 6.30. The standard InChI is InChI=1S/C9H11ClFNO2/c1-13-7-4-6(2-3-14-12)9(11)8(10)5-7/h4-5H,2-3,12H2,1H3. The predicted octanol–water partition coefficient (Wildman–Crippen LogP) is 1.92. The van der Waals surface area contributed by atoms with Crippen LogP contribution in [-0.4, -0.2) is 13.7 Å². The molecule has 1 aromatic rings. The van der Waals surface area contributed by atoms with Gasteiger partial charge in [0.2, 0.25) is 0 Å². The van der Waals surface area contributed by atoms with Gasteiger partial charge in [0.25, 0.3) is 0 Å². The average Bonchev–Trinajstić information content (AvgIpc) is 2.20. The molecule has 0 saturated carbocycles. The molecule has 0 bridgehead atoms. The van der Waals surface area contributed by atoms with Gasteiger partial charge in [0.1, 0.15) is 11.6 Å². The van der Waals surface area contributed by atoms with E-state index < -0.39 is 5.82 Å². The molecule has 0 aliphatic heterocycles. The second kappa shape index (κ2) is 5.14. The third kappa shape index (κ3) is 2.57. The van der Waals surface area contributed by atoms with Gasteiger partial charge in [-0.25, -0.2) is 10.3 Å². The fourth-order valence-electron chi connectivity index (χ4n) is 1.09. The zero-order chi connectivity index (χ0) is 10.6. The lowest BCUT2D eigenvalue weighted by Gasteiger charge is -2.07. The molecule has 0 unspecified atom stereocenters. The Kier molecular flexibility index (Phi) is 4.13. The molecule has 0 heterocycles. The lowest BCUT2D eigenvalue weighted by Crippen LogP contribution is -2.05. The topological polar surface area (TPSA) is 44.5 Å². The van der Waals surface area contributed by atoms with Crippen LogP contribution >= 0.6 is 11.6 Å². The highest BCUT2D eigenvalue weighted by Gasteiger charge is 2.09. The number of rotatable bonds is 4. The monoisotopic (exact) mass is 219 g/mol. The number of benzene rings is 1. The molecule has 1 aromatic carbocycles. The third-order valence-electron chi connectivity index (χ3n) is 1.80. The smallest absolute Gasteiger partial charge is 0.145 e. The molecule has 0 aliphatic carbocycles. The van der Waals surface area contributed by atoms with E-state index in [1.54, 1.807) is 6.07 Å². The Labute approximate surface area is 86.5 Å². The van der Waals surface area contributed by atoms with Crippen LogP contribution in [0.5, 0.6) is 5.75 Å². The summed E-state index contributed by atoms with van der Waals surface area (Å²) in [6.07, 6.45) is 0.360. The van der Waals surface area contributed by atoms with E-state index in [1.807, 2.05) is 0 Å². The maximum absolute atomic E-state index is 13.4. The Bertz CT molecular complexity index is 320. The van der Waals surface area contributed by atoms with Crippen LogP contribution < -0.4 is 10.6 Å². The minimum Gasteiger partial charge on any atom is -0.497 e. The summed E-state index contributed by atoms with van der Waals surface area (Å²) in [6, 6.07) is 2.99. The SMILES string of the molecule is COc1cc(Cl)c(F)c(CCON)c1. The van der Waals surface area contributed by atoms with Gasteiger partial charge >= 0.3 is 0 Å². The molecule has 1 rings (SSSR count). The number of halogens is 2. The van der Waals surface area contributed by atoms with E-state index in [1.165, 1.54) is 13.2 Å². The molecule has 0 aromatic heterocycles. The molecule has 78 valence electrons. The van der Waals surface area contributed by atoms with Crippen LogP contribution in [0.15, 0.2) is 12.1 Å². The zero-order valence-corrected chi connectivity index (χ0v) is 8.47. The van der Waals surface area contributed by atoms with Crippen molar-refractivity contribution in [1.82, 2.24) is 0 Å². The fourth-order valence-corrected chi connectivity index (χ4v) is 1.32. The van der Waals surface area contributed by atoms with Crippen molar-refractivity contribution < 1.29 is 14.0 Å². The van der Waals surface area contributed by atoms with Gasteiger partial charge < -0.3 is 9.57 Å². The van der Waals surface area contributed by atoms with Gasteiger partial charge in [0, 0.05) is 12.5 Å². The Morgan fingerprint density at radius 3 is 2.79 bits per heavy atom. The molecular weight excluding hydrogens is 209 g/mol. The molecule has 0 spiro atoms. The number of hydrogen-bond acceptors (Lipinski definition) is 3. The van der Waals surface area contributed by atoms with Crippen molar-refractivity contribution in [2.75, 3.05) is 13.7 Å². The van der Waals surface area contributed by atoms with Gasteiger partial charge in [-0.05, 0) is 11.6 Å². The van der Waals surface area contributed by atoms with E-state index in [4.69, 9.17) is 22.2 Å². The first-order valence-electron chi connectivity index (χ1n) is 4.02. The Morgan fingerprint density at radius 1 is 1.50 bits per heavy atom. The van der Waals surface area contributed by atoms with E-state index in [9.17, 15) is 4.39 Å². The first kappa shape index (κ1) is 11.2. The third-order valence-corrected chi connectivity index (χ3v) is 2.08. The van der Waals surface area contributed by atoms with Crippen LogP contribution in [0.1, 0.15) is 5.56 Å². The first-order chi connectivity index (χ1) is 6.69. The van der Waals surface area contributed by atoms with Gasteiger partial charge in [-0.2, -0.15) is 0 Å². The zero-order valence-electron chi connectivity index (χ0n) is 7.72. The molecule has 0 atom stereocenters. The summed E-state index contributed by atoms with van der Waals surface area (Å²) in [5, 5.41) is 0.0383. The van der Waals surface area contributed by atoms with Crippen LogP contribution in [0.25, 0.3) is 0 Å². The first-order valence-corrected chi connectivity index (χ1v) is 4.40. The molecule has 2 N–H and O–H groups in total. The molecule has 0 aliphatic rings. The quantitative estimate of drug-likeness (QED) is 0.787. The Balaban J connectivity index is 2.95. The average molecular weight is 220 g/mol. The van der Waals surface area contributed by atoms with Crippen molar-refractivity contribution in [1.29, 1.82) is 0 Å². The van der Waals surface area contributed by atoms with Gasteiger partial charge in [-0.3, -0.25) is 0 Å². The van der Waals surface area contributed by atoms with Crippen molar-refractivity contribution in [3.8, 4) is 5.75 Å². The van der Waals surface area contributed by atoms with Crippen molar-refractivity contribution in [3.05, 3.63) is 28.5 Å². The summed E-state index contributed by atoms with van der Waals surface area (Å²) in [6.45, 7) is 0.237. The van der Waals surface area contributed by atoms with Crippen molar-refractivity contribution in [2.24, 2.45) is 5.90 Å². The number of nitrogens with two attached hydrogens (primary N) is 1. The van der Waals surface area contributed by atoms with Crippen LogP contribution in [0.3, 0.4) is 0 Å². The van der Waals surface area contributed by atoms with Gasteiger partial charge in [-0.15, -0.1) is 0 Å². The molecule has 14 heavy (non-hydrogen) atoms. The van der Waals surface area contributed by atoms with E-state index >= 15 is 0 Å². The molecular formula is C9H11ClFNO2. The van der Waals surface area contributed by atoms with Crippen molar-refractivity contribution in [2.45, 2.75) is 6.42 Å². The Hall–Kier alpha value is -0.840. The highest BCUT2D eigenvalue weighted by atomic mass is 35.5. The highest BCUT2D eigenvalue weighted by Crippen LogP contribution is 2.25. The van der Waals surface area contributed by atoms with Gasteiger partial charge in [0.15, 0.2) is 0 Å². The van der Waals surface area contributed by atoms with Crippen LogP contribution in [0, 0.1) is 5.82 Å². The van der Waals surface area contributed by atoms with Gasteiger partial charge in [0.05, 0.1) is 18.7 Å².